The van der Waals surface area contributed by atoms with Crippen LogP contribution >= 0.6 is 0 Å². The average molecular weight is 129 g/mol. The normalized spacial score (nSPS) is 12.2. The Morgan fingerprint density at radius 3 is 2.78 bits per heavy atom. The van der Waals surface area contributed by atoms with Gasteiger partial charge in [0.05, 0.1) is 0 Å². The maximum Gasteiger partial charge on any atom is 0.245 e. The van der Waals surface area contributed by atoms with E-state index in [1.807, 2.05) is 0 Å². The molecule has 0 fully saturated rings. The lowest BCUT2D eigenvalue weighted by molar-refractivity contribution is -0.119. The van der Waals surface area contributed by atoms with E-state index in [1.54, 1.807) is 6.92 Å². The molecule has 0 aliphatic carbocycles. The molecular weight excluding hydrogens is 118 g/mol. The molecule has 1 N–H and O–H groups in total. The summed E-state index contributed by atoms with van der Waals surface area (Å²) >= 11 is 0. The molecule has 9 heavy (non-hydrogen) atoms. The topological polar surface area (TPSA) is 38.3 Å². The first-order chi connectivity index (χ1) is 4.20. The molecule has 0 spiro atoms. The van der Waals surface area contributed by atoms with Crippen molar-refractivity contribution in [2.45, 2.75) is 13.2 Å². The van der Waals surface area contributed by atoms with E-state index in [9.17, 15) is 4.79 Å². The third kappa shape index (κ3) is 3.73. The molecule has 3 heteroatoms. The van der Waals surface area contributed by atoms with Crippen LogP contribution in [0, 0.1) is 0 Å². The second kappa shape index (κ2) is 4.09. The molecule has 1 atom stereocenters. The summed E-state index contributed by atoms with van der Waals surface area (Å²) < 4.78 is 4.74. The van der Waals surface area contributed by atoms with Crippen molar-refractivity contribution >= 4 is 5.91 Å². The molecule has 52 valence electrons. The number of methoxy groups -OCH3 is 1. The van der Waals surface area contributed by atoms with Gasteiger partial charge >= 0.3 is 0 Å². The van der Waals surface area contributed by atoms with Crippen LogP contribution in [-0.4, -0.2) is 19.2 Å². The molecule has 1 amide bonds. The third-order valence-electron chi connectivity index (χ3n) is 0.884. The molecule has 0 aromatic carbocycles. The zero-order valence-electron chi connectivity index (χ0n) is 5.68. The van der Waals surface area contributed by atoms with Gasteiger partial charge in [0.2, 0.25) is 5.91 Å². The average Bonchev–Trinajstić information content (AvgIpc) is 1.87. The van der Waals surface area contributed by atoms with Crippen molar-refractivity contribution in [1.29, 1.82) is 0 Å². The summed E-state index contributed by atoms with van der Waals surface area (Å²) in [5.41, 5.74) is 0. The minimum Gasteiger partial charge on any atom is -0.362 e. The molecule has 0 rings (SSSR count). The minimum absolute atomic E-state index is 0.218. The molecule has 0 radical (unpaired) electrons. The van der Waals surface area contributed by atoms with Crippen molar-refractivity contribution < 1.29 is 9.53 Å². The maximum atomic E-state index is 10.5. The van der Waals surface area contributed by atoms with Crippen molar-refractivity contribution in [2.24, 2.45) is 0 Å². The van der Waals surface area contributed by atoms with Crippen molar-refractivity contribution in [1.82, 2.24) is 5.32 Å². The van der Waals surface area contributed by atoms with Gasteiger partial charge in [0, 0.05) is 7.11 Å². The number of nitrogens with one attached hydrogen (secondary N) is 1. The number of carbonyl (C=O) groups excluding carboxylic acids is 1. The molecule has 1 unspecified atom stereocenters. The molecular formula is C6H11NO2. The lowest BCUT2D eigenvalue weighted by Crippen LogP contribution is -2.32. The Kier molecular flexibility index (Phi) is 3.71. The summed E-state index contributed by atoms with van der Waals surface area (Å²) in [5, 5.41) is 2.50. The van der Waals surface area contributed by atoms with Crippen molar-refractivity contribution in [3.05, 3.63) is 12.7 Å². The predicted octanol–water partition coefficient (Wildman–Crippen LogP) is 0.281. The van der Waals surface area contributed by atoms with Crippen molar-refractivity contribution in [2.75, 3.05) is 7.11 Å². The zero-order valence-corrected chi connectivity index (χ0v) is 5.68. The number of ether oxygens (including phenoxy) is 1. The van der Waals surface area contributed by atoms with Gasteiger partial charge in [0.25, 0.3) is 0 Å². The Morgan fingerprint density at radius 2 is 2.44 bits per heavy atom. The number of carbonyl (C=O) groups is 1. The Morgan fingerprint density at radius 1 is 1.89 bits per heavy atom. The van der Waals surface area contributed by atoms with Crippen molar-refractivity contribution in [3.63, 3.8) is 0 Å². The smallest absolute Gasteiger partial charge is 0.245 e. The van der Waals surface area contributed by atoms with Crippen LogP contribution in [0.5, 0.6) is 0 Å². The number of hydrogen-bond donors (Lipinski definition) is 1. The third-order valence-corrected chi connectivity index (χ3v) is 0.884. The fraction of sp³-hybridized carbons (Fsp3) is 0.500. The first kappa shape index (κ1) is 8.17. The molecule has 0 aliphatic heterocycles. The highest BCUT2D eigenvalue weighted by Gasteiger charge is 1.98. The number of rotatable bonds is 3. The molecule has 0 saturated carbocycles. The fourth-order valence-corrected chi connectivity index (χ4v) is 0.318. The van der Waals surface area contributed by atoms with Crippen LogP contribution in [0.1, 0.15) is 6.92 Å². The van der Waals surface area contributed by atoms with Crippen LogP contribution in [0.25, 0.3) is 0 Å². The fourth-order valence-electron chi connectivity index (χ4n) is 0.318. The Labute approximate surface area is 54.7 Å². The summed E-state index contributed by atoms with van der Waals surface area (Å²) in [5.74, 6) is -0.218. The highest BCUT2D eigenvalue weighted by Crippen LogP contribution is 1.79. The van der Waals surface area contributed by atoms with Gasteiger partial charge in [-0.2, -0.15) is 0 Å². The highest BCUT2D eigenvalue weighted by molar-refractivity contribution is 5.86. The van der Waals surface area contributed by atoms with E-state index >= 15 is 0 Å². The van der Waals surface area contributed by atoms with Gasteiger partial charge in [0.1, 0.15) is 6.23 Å². The largest absolute Gasteiger partial charge is 0.362 e. The lowest BCUT2D eigenvalue weighted by Gasteiger charge is -2.08. The lowest BCUT2D eigenvalue weighted by atomic mass is 10.5. The van der Waals surface area contributed by atoms with E-state index in [-0.39, 0.29) is 12.1 Å². The summed E-state index contributed by atoms with van der Waals surface area (Å²) in [4.78, 5) is 10.5. The standard InChI is InChI=1S/C6H11NO2/c1-4-6(8)7-5(2)9-3/h4-5H,1H2,2-3H3,(H,7,8). The first-order valence-corrected chi connectivity index (χ1v) is 2.66. The molecule has 0 aromatic rings. The van der Waals surface area contributed by atoms with Gasteiger partial charge < -0.3 is 10.1 Å². The van der Waals surface area contributed by atoms with Crippen LogP contribution < -0.4 is 5.32 Å². The number of amides is 1. The van der Waals surface area contributed by atoms with E-state index in [0.29, 0.717) is 0 Å². The summed E-state index contributed by atoms with van der Waals surface area (Å²) in [6, 6.07) is 0. The predicted molar refractivity (Wildman–Crippen MR) is 34.8 cm³/mol. The van der Waals surface area contributed by atoms with Gasteiger partial charge in [-0.25, -0.2) is 0 Å². The van der Waals surface area contributed by atoms with E-state index in [2.05, 4.69) is 11.9 Å². The SMILES string of the molecule is C=CC(=O)NC(C)OC. The van der Waals surface area contributed by atoms with Crippen LogP contribution in [0.15, 0.2) is 12.7 Å². The van der Waals surface area contributed by atoms with Crippen LogP contribution in [0.3, 0.4) is 0 Å². The molecule has 0 saturated heterocycles. The van der Waals surface area contributed by atoms with Crippen LogP contribution in [-0.2, 0) is 9.53 Å². The quantitative estimate of drug-likeness (QED) is 0.439. The maximum absolute atomic E-state index is 10.5. The molecule has 3 nitrogen and oxygen atoms in total. The Balaban J connectivity index is 3.46. The van der Waals surface area contributed by atoms with Crippen LogP contribution in [0.2, 0.25) is 0 Å². The summed E-state index contributed by atoms with van der Waals surface area (Å²) in [6.07, 6.45) is 0.964. The van der Waals surface area contributed by atoms with Gasteiger partial charge in [-0.05, 0) is 13.0 Å². The van der Waals surface area contributed by atoms with E-state index in [1.165, 1.54) is 13.2 Å². The molecule has 0 heterocycles. The van der Waals surface area contributed by atoms with Gasteiger partial charge in [-0.15, -0.1) is 0 Å². The second-order valence-electron chi connectivity index (χ2n) is 1.59. The van der Waals surface area contributed by atoms with Crippen molar-refractivity contribution in [3.8, 4) is 0 Å². The Bertz CT molecular complexity index is 112. The molecule has 0 aliphatic rings. The van der Waals surface area contributed by atoms with Gasteiger partial charge in [-0.3, -0.25) is 4.79 Å². The van der Waals surface area contributed by atoms with Crippen LogP contribution in [0.4, 0.5) is 0 Å². The molecule has 0 bridgehead atoms. The summed E-state index contributed by atoms with van der Waals surface area (Å²) in [7, 11) is 1.52. The zero-order chi connectivity index (χ0) is 7.28. The first-order valence-electron chi connectivity index (χ1n) is 2.66. The summed E-state index contributed by atoms with van der Waals surface area (Å²) in [6.45, 7) is 5.02. The van der Waals surface area contributed by atoms with E-state index < -0.39 is 0 Å². The Hall–Kier alpha value is -0.830. The number of hydrogen-bond acceptors (Lipinski definition) is 2. The second-order valence-corrected chi connectivity index (χ2v) is 1.59. The highest BCUT2D eigenvalue weighted by atomic mass is 16.5. The van der Waals surface area contributed by atoms with E-state index in [4.69, 9.17) is 4.74 Å². The minimum atomic E-state index is -0.240. The van der Waals surface area contributed by atoms with Gasteiger partial charge in [-0.1, -0.05) is 6.58 Å². The molecule has 0 aromatic heterocycles. The van der Waals surface area contributed by atoms with Gasteiger partial charge in [0.15, 0.2) is 0 Å². The van der Waals surface area contributed by atoms with E-state index in [0.717, 1.165) is 0 Å². The monoisotopic (exact) mass is 129 g/mol.